The zero-order valence-electron chi connectivity index (χ0n) is 24.7. The van der Waals surface area contributed by atoms with Crippen molar-refractivity contribution in [2.45, 2.75) is 105 Å². The minimum absolute atomic E-state index is 0.0409. The van der Waals surface area contributed by atoms with Crippen molar-refractivity contribution < 1.29 is 14.1 Å². The Morgan fingerprint density at radius 1 is 1.05 bits per heavy atom. The van der Waals surface area contributed by atoms with Crippen LogP contribution in [-0.2, 0) is 21.4 Å². The summed E-state index contributed by atoms with van der Waals surface area (Å²) in [6.07, 6.45) is 11.4. The first-order valence-corrected chi connectivity index (χ1v) is 15.0. The number of nitrogens with zero attached hydrogens (tertiary/aromatic N) is 3. The van der Waals surface area contributed by atoms with Crippen LogP contribution in [0.4, 0.5) is 0 Å². The Morgan fingerprint density at radius 3 is 2.44 bits per heavy atom. The van der Waals surface area contributed by atoms with Crippen molar-refractivity contribution in [2.24, 2.45) is 45.3 Å². The number of hydrogen-bond acceptors (Lipinski definition) is 5. The molecular weight excluding hydrogens is 486 g/mol. The molecule has 3 fully saturated rings. The molecule has 1 heterocycles. The largest absolute Gasteiger partial charge is 0.339 e. The van der Waals surface area contributed by atoms with E-state index in [2.05, 4.69) is 44.6 Å². The van der Waals surface area contributed by atoms with Crippen LogP contribution in [0.15, 0.2) is 27.9 Å². The van der Waals surface area contributed by atoms with E-state index in [0.717, 1.165) is 68.7 Å². The Balaban J connectivity index is 1.52. The maximum absolute atomic E-state index is 14.6. The molecule has 5 aliphatic rings. The van der Waals surface area contributed by atoms with Crippen LogP contribution in [0.1, 0.15) is 105 Å². The molecule has 208 valence electrons. The van der Waals surface area contributed by atoms with Gasteiger partial charge in [-0.1, -0.05) is 65.3 Å². The molecule has 6 heteroatoms. The van der Waals surface area contributed by atoms with E-state index < -0.39 is 5.41 Å². The van der Waals surface area contributed by atoms with Gasteiger partial charge in [-0.2, -0.15) is 4.98 Å². The van der Waals surface area contributed by atoms with E-state index in [1.807, 2.05) is 26.0 Å². The molecule has 0 spiro atoms. The highest BCUT2D eigenvalue weighted by Gasteiger charge is 2.70. The summed E-state index contributed by atoms with van der Waals surface area (Å²) in [6.45, 7) is 23.4. The lowest BCUT2D eigenvalue weighted by Gasteiger charge is -2.68. The zero-order chi connectivity index (χ0) is 28.2. The van der Waals surface area contributed by atoms with Crippen molar-refractivity contribution in [2.75, 3.05) is 0 Å². The summed E-state index contributed by atoms with van der Waals surface area (Å²) >= 11 is 0. The van der Waals surface area contributed by atoms with Crippen LogP contribution in [0.3, 0.4) is 0 Å². The molecule has 8 atom stereocenters. The smallest absolute Gasteiger partial charge is 0.233 e. The van der Waals surface area contributed by atoms with Crippen molar-refractivity contribution >= 4 is 11.6 Å². The predicted molar refractivity (Wildman–Crippen MR) is 148 cm³/mol. The Morgan fingerprint density at radius 2 is 1.77 bits per heavy atom. The van der Waals surface area contributed by atoms with E-state index in [4.69, 9.17) is 16.1 Å². The van der Waals surface area contributed by atoms with Crippen LogP contribution in [0.2, 0.25) is 0 Å². The van der Waals surface area contributed by atoms with Crippen molar-refractivity contribution in [1.82, 2.24) is 10.1 Å². The second-order valence-electron chi connectivity index (χ2n) is 14.9. The van der Waals surface area contributed by atoms with Crippen molar-refractivity contribution in [3.8, 4) is 0 Å². The van der Waals surface area contributed by atoms with Crippen LogP contribution in [0.5, 0.6) is 0 Å². The summed E-state index contributed by atoms with van der Waals surface area (Å²) in [7, 11) is 0. The van der Waals surface area contributed by atoms with E-state index in [-0.39, 0.29) is 62.6 Å². The third-order valence-corrected chi connectivity index (χ3v) is 12.7. The quantitative estimate of drug-likeness (QED) is 0.383. The average Bonchev–Trinajstić information content (AvgIpc) is 3.37. The molecule has 3 saturated carbocycles. The van der Waals surface area contributed by atoms with Gasteiger partial charge in [0.15, 0.2) is 17.4 Å². The van der Waals surface area contributed by atoms with Gasteiger partial charge in [0.25, 0.3) is 0 Å². The lowest BCUT2D eigenvalue weighted by Crippen LogP contribution is -2.65. The number of allylic oxidation sites excluding steroid dienone is 4. The molecule has 6 nitrogen and oxygen atoms in total. The minimum Gasteiger partial charge on any atom is -0.339 e. The van der Waals surface area contributed by atoms with Crippen LogP contribution in [0, 0.1) is 51.9 Å². The second kappa shape index (κ2) is 8.24. The van der Waals surface area contributed by atoms with E-state index in [1.54, 1.807) is 0 Å². The number of carbonyl (C=O) groups excluding carboxylic acids is 2. The van der Waals surface area contributed by atoms with Gasteiger partial charge in [-0.15, -0.1) is 0 Å². The Hall–Kier alpha value is -2.55. The van der Waals surface area contributed by atoms with Gasteiger partial charge < -0.3 is 9.32 Å². The topological polar surface area (TPSA) is 77.4 Å². The van der Waals surface area contributed by atoms with E-state index in [0.29, 0.717) is 0 Å². The van der Waals surface area contributed by atoms with E-state index in [9.17, 15) is 9.59 Å². The molecule has 0 aliphatic heterocycles. The van der Waals surface area contributed by atoms with Gasteiger partial charge in [0, 0.05) is 23.7 Å². The molecule has 0 bridgehead atoms. The maximum atomic E-state index is 14.6. The van der Waals surface area contributed by atoms with Gasteiger partial charge >= 0.3 is 0 Å². The van der Waals surface area contributed by atoms with Gasteiger partial charge in [-0.25, -0.2) is 4.85 Å². The highest BCUT2D eigenvalue weighted by molar-refractivity contribution is 6.01. The molecule has 1 aromatic heterocycles. The number of rotatable bonds is 2. The fourth-order valence-electron chi connectivity index (χ4n) is 10.2. The summed E-state index contributed by atoms with van der Waals surface area (Å²) in [6, 6.07) is 0. The Bertz CT molecular complexity index is 1360. The molecule has 0 aromatic carbocycles. The van der Waals surface area contributed by atoms with Crippen molar-refractivity contribution in [1.29, 1.82) is 0 Å². The number of fused-ring (bicyclic) bond motifs is 7. The second-order valence-corrected chi connectivity index (χ2v) is 14.9. The Kier molecular flexibility index (Phi) is 5.63. The molecule has 0 radical (unpaired) electrons. The normalized spacial score (nSPS) is 44.7. The lowest BCUT2D eigenvalue weighted by atomic mass is 9.35. The molecule has 0 N–H and O–H groups in total. The highest BCUT2D eigenvalue weighted by Crippen LogP contribution is 2.73. The van der Waals surface area contributed by atoms with Crippen molar-refractivity contribution in [3.63, 3.8) is 0 Å². The first kappa shape index (κ1) is 26.7. The van der Waals surface area contributed by atoms with Crippen LogP contribution >= 0.6 is 0 Å². The molecule has 0 unspecified atom stereocenters. The standard InChI is InChI=1S/C33H43N3O3/c1-9-25-35-28(39-36-25)33-14-12-29(3,4)17-21(33)26-23(37)16-24-30(5)18-22(34-8)27(38)19(2)20(30)10-11-31(24,6)32(26,7)13-15-33/h16,18-21,26H,9-15,17H2,1-7H3/t19-,20-,21-,26-,30-,31+,32+,33-/m0/s1. The highest BCUT2D eigenvalue weighted by atomic mass is 16.5. The molecule has 39 heavy (non-hydrogen) atoms. The molecular formula is C33H43N3O3. The van der Waals surface area contributed by atoms with Crippen LogP contribution in [-0.4, -0.2) is 21.7 Å². The number of ketones is 2. The van der Waals surface area contributed by atoms with Gasteiger partial charge in [-0.05, 0) is 79.1 Å². The number of Topliss-reactive ketones (excluding diaryl/α,β-unsaturated/α-hetero) is 1. The van der Waals surface area contributed by atoms with Crippen molar-refractivity contribution in [3.05, 3.63) is 46.6 Å². The molecule has 0 saturated heterocycles. The van der Waals surface area contributed by atoms with Crippen LogP contribution in [0.25, 0.3) is 4.85 Å². The van der Waals surface area contributed by atoms with Gasteiger partial charge in [0.2, 0.25) is 11.6 Å². The first-order chi connectivity index (χ1) is 18.3. The third-order valence-electron chi connectivity index (χ3n) is 12.7. The van der Waals surface area contributed by atoms with Gasteiger partial charge in [0.1, 0.15) is 0 Å². The zero-order valence-corrected chi connectivity index (χ0v) is 24.7. The Labute approximate surface area is 232 Å². The summed E-state index contributed by atoms with van der Waals surface area (Å²) in [4.78, 5) is 36.1. The SMILES string of the molecule is [C-]#[N+]C1=C[C@]2(C)C3=CC(=O)[C@@H]4[C@@H]5CC(C)(C)CC[C@]5(c5nc(CC)no5)CC[C@@]4(C)[C@]3(C)CC[C@H]2[C@H](C)C1=O. The monoisotopic (exact) mass is 529 g/mol. The predicted octanol–water partition coefficient (Wildman–Crippen LogP) is 7.07. The minimum atomic E-state index is -0.466. The van der Waals surface area contributed by atoms with Gasteiger partial charge in [0.05, 0.1) is 12.0 Å². The fraction of sp³-hybridized carbons (Fsp3) is 0.727. The summed E-state index contributed by atoms with van der Waals surface area (Å²) < 4.78 is 5.98. The molecule has 6 rings (SSSR count). The van der Waals surface area contributed by atoms with E-state index >= 15 is 0 Å². The maximum Gasteiger partial charge on any atom is 0.233 e. The summed E-state index contributed by atoms with van der Waals surface area (Å²) in [5.41, 5.74) is 0.386. The van der Waals surface area contributed by atoms with Crippen LogP contribution < -0.4 is 0 Å². The third kappa shape index (κ3) is 3.31. The molecule has 1 aromatic rings. The molecule has 5 aliphatic carbocycles. The summed E-state index contributed by atoms with van der Waals surface area (Å²) in [5.74, 6) is 1.59. The number of carbonyl (C=O) groups is 2. The lowest BCUT2D eigenvalue weighted by molar-refractivity contribution is -0.159. The number of aromatic nitrogens is 2. The first-order valence-electron chi connectivity index (χ1n) is 15.0. The fourth-order valence-corrected chi connectivity index (χ4v) is 10.2. The summed E-state index contributed by atoms with van der Waals surface area (Å²) in [5, 5.41) is 4.29. The van der Waals surface area contributed by atoms with Gasteiger partial charge in [-0.3, -0.25) is 4.79 Å². The molecule has 0 amide bonds. The number of hydrogen-bond donors (Lipinski definition) is 0. The average molecular weight is 530 g/mol. The van der Waals surface area contributed by atoms with E-state index in [1.165, 1.54) is 0 Å². The number of aryl methyl sites for hydroxylation is 1.